The first-order valence-electron chi connectivity index (χ1n) is 6.16. The van der Waals surface area contributed by atoms with E-state index in [1.165, 1.54) is 17.3 Å². The number of amides is 1. The molecule has 0 aliphatic carbocycles. The van der Waals surface area contributed by atoms with Crippen LogP contribution in [0.3, 0.4) is 0 Å². The Kier molecular flexibility index (Phi) is 2.98. The molecule has 1 fully saturated rings. The Morgan fingerprint density at radius 1 is 1.58 bits per heavy atom. The highest BCUT2D eigenvalue weighted by atomic mass is 16.5. The molecule has 2 aromatic rings. The van der Waals surface area contributed by atoms with Gasteiger partial charge in [0, 0.05) is 13.5 Å². The zero-order valence-corrected chi connectivity index (χ0v) is 10.6. The molecule has 1 aliphatic rings. The molecule has 19 heavy (non-hydrogen) atoms. The second kappa shape index (κ2) is 4.79. The maximum atomic E-state index is 12.3. The summed E-state index contributed by atoms with van der Waals surface area (Å²) in [6, 6.07) is -0.0894. The van der Waals surface area contributed by atoms with Crippen molar-refractivity contribution in [2.45, 2.75) is 32.4 Å². The molecule has 0 spiro atoms. The summed E-state index contributed by atoms with van der Waals surface area (Å²) in [6.07, 6.45) is 4.75. The van der Waals surface area contributed by atoms with Gasteiger partial charge in [-0.2, -0.15) is 10.1 Å². The van der Waals surface area contributed by atoms with Crippen LogP contribution >= 0.6 is 0 Å². The molecule has 1 amide bonds. The highest BCUT2D eigenvalue weighted by Crippen LogP contribution is 2.30. The van der Waals surface area contributed by atoms with Crippen LogP contribution in [0.25, 0.3) is 0 Å². The number of aromatic nitrogens is 5. The first kappa shape index (κ1) is 11.8. The van der Waals surface area contributed by atoms with Crippen molar-refractivity contribution in [3.63, 3.8) is 0 Å². The van der Waals surface area contributed by atoms with Crippen molar-refractivity contribution in [3.05, 3.63) is 24.4 Å². The predicted molar refractivity (Wildman–Crippen MR) is 62.7 cm³/mol. The van der Waals surface area contributed by atoms with Gasteiger partial charge in [-0.1, -0.05) is 5.16 Å². The summed E-state index contributed by atoms with van der Waals surface area (Å²) in [5.74, 6) is 1.10. The molecule has 8 nitrogen and oxygen atoms in total. The van der Waals surface area contributed by atoms with Crippen LogP contribution in [0.2, 0.25) is 0 Å². The van der Waals surface area contributed by atoms with Crippen LogP contribution < -0.4 is 0 Å². The lowest BCUT2D eigenvalue weighted by atomic mass is 10.2. The number of likely N-dealkylation sites (tertiary alicyclic amines) is 1. The van der Waals surface area contributed by atoms with Crippen LogP contribution in [0.4, 0.5) is 0 Å². The molecule has 8 heteroatoms. The molecule has 0 bridgehead atoms. The van der Waals surface area contributed by atoms with Crippen molar-refractivity contribution in [2.75, 3.05) is 6.54 Å². The van der Waals surface area contributed by atoms with E-state index in [0.717, 1.165) is 12.8 Å². The molecule has 0 N–H and O–H groups in total. The molecule has 1 unspecified atom stereocenters. The summed E-state index contributed by atoms with van der Waals surface area (Å²) in [6.45, 7) is 2.64. The molecule has 1 atom stereocenters. The third-order valence-corrected chi connectivity index (χ3v) is 3.18. The Labute approximate surface area is 109 Å². The molecule has 2 aromatic heterocycles. The number of nitrogens with zero attached hydrogens (tertiary/aromatic N) is 6. The summed E-state index contributed by atoms with van der Waals surface area (Å²) >= 11 is 0. The molecule has 1 aliphatic heterocycles. The first-order chi connectivity index (χ1) is 9.24. The number of carbonyl (C=O) groups excluding carboxylic acids is 1. The van der Waals surface area contributed by atoms with Gasteiger partial charge in [0.25, 0.3) is 0 Å². The summed E-state index contributed by atoms with van der Waals surface area (Å²) in [7, 11) is 0. The Hall–Kier alpha value is -2.25. The lowest BCUT2D eigenvalue weighted by Crippen LogP contribution is -2.34. The van der Waals surface area contributed by atoms with E-state index < -0.39 is 0 Å². The summed E-state index contributed by atoms with van der Waals surface area (Å²) in [5, 5.41) is 7.85. The van der Waals surface area contributed by atoms with E-state index in [1.807, 2.05) is 0 Å². The van der Waals surface area contributed by atoms with Crippen molar-refractivity contribution in [2.24, 2.45) is 0 Å². The van der Waals surface area contributed by atoms with E-state index in [-0.39, 0.29) is 18.5 Å². The average molecular weight is 262 g/mol. The third kappa shape index (κ3) is 2.33. The number of carbonyl (C=O) groups is 1. The van der Waals surface area contributed by atoms with Crippen LogP contribution in [-0.4, -0.2) is 42.3 Å². The second-order valence-corrected chi connectivity index (χ2v) is 4.51. The van der Waals surface area contributed by atoms with E-state index in [1.54, 1.807) is 11.8 Å². The SMILES string of the molecule is Cc1nc(C2CCCN2C(=O)Cn2cncn2)no1. The number of hydrogen-bond donors (Lipinski definition) is 0. The fourth-order valence-corrected chi connectivity index (χ4v) is 2.33. The zero-order chi connectivity index (χ0) is 13.2. The lowest BCUT2D eigenvalue weighted by Gasteiger charge is -2.21. The van der Waals surface area contributed by atoms with Crippen molar-refractivity contribution >= 4 is 5.91 Å². The number of aryl methyl sites for hydroxylation is 1. The van der Waals surface area contributed by atoms with Crippen LogP contribution in [0.1, 0.15) is 30.6 Å². The minimum Gasteiger partial charge on any atom is -0.340 e. The van der Waals surface area contributed by atoms with E-state index in [0.29, 0.717) is 18.3 Å². The van der Waals surface area contributed by atoms with E-state index >= 15 is 0 Å². The van der Waals surface area contributed by atoms with Crippen LogP contribution in [-0.2, 0) is 11.3 Å². The van der Waals surface area contributed by atoms with Crippen molar-refractivity contribution in [1.29, 1.82) is 0 Å². The van der Waals surface area contributed by atoms with Gasteiger partial charge in [-0.25, -0.2) is 9.67 Å². The lowest BCUT2D eigenvalue weighted by molar-refractivity contribution is -0.133. The fourth-order valence-electron chi connectivity index (χ4n) is 2.33. The Morgan fingerprint density at radius 3 is 3.16 bits per heavy atom. The smallest absolute Gasteiger partial charge is 0.244 e. The largest absolute Gasteiger partial charge is 0.340 e. The van der Waals surface area contributed by atoms with Gasteiger partial charge in [0.15, 0.2) is 5.82 Å². The average Bonchev–Trinajstić information content (AvgIpc) is 3.07. The Morgan fingerprint density at radius 2 is 2.47 bits per heavy atom. The number of rotatable bonds is 3. The molecule has 1 saturated heterocycles. The molecule has 3 rings (SSSR count). The predicted octanol–water partition coefficient (Wildman–Crippen LogP) is 0.333. The monoisotopic (exact) mass is 262 g/mol. The quantitative estimate of drug-likeness (QED) is 0.792. The van der Waals surface area contributed by atoms with Crippen molar-refractivity contribution < 1.29 is 9.32 Å². The normalized spacial score (nSPS) is 19.0. The molecule has 0 aromatic carbocycles. The minimum absolute atomic E-state index is 0.00421. The molecular formula is C11H14N6O2. The van der Waals surface area contributed by atoms with E-state index in [4.69, 9.17) is 4.52 Å². The Bertz CT molecular complexity index is 564. The summed E-state index contributed by atoms with van der Waals surface area (Å²) in [5.41, 5.74) is 0. The standard InChI is InChI=1S/C11H14N6O2/c1-8-14-11(15-19-8)9-3-2-4-17(9)10(18)5-16-7-12-6-13-16/h6-7,9H,2-5H2,1H3. The fraction of sp³-hybridized carbons (Fsp3) is 0.545. The molecule has 3 heterocycles. The van der Waals surface area contributed by atoms with Gasteiger partial charge in [-0.3, -0.25) is 4.79 Å². The van der Waals surface area contributed by atoms with Crippen LogP contribution in [0.15, 0.2) is 17.2 Å². The molecule has 0 radical (unpaired) electrons. The summed E-state index contributed by atoms with van der Waals surface area (Å²) in [4.78, 5) is 22.1. The maximum absolute atomic E-state index is 12.3. The number of hydrogen-bond acceptors (Lipinski definition) is 6. The third-order valence-electron chi connectivity index (χ3n) is 3.18. The van der Waals surface area contributed by atoms with Crippen molar-refractivity contribution in [1.82, 2.24) is 29.8 Å². The highest BCUT2D eigenvalue weighted by molar-refractivity contribution is 5.76. The van der Waals surface area contributed by atoms with Crippen LogP contribution in [0.5, 0.6) is 0 Å². The first-order valence-corrected chi connectivity index (χ1v) is 6.16. The van der Waals surface area contributed by atoms with Crippen LogP contribution in [0, 0.1) is 6.92 Å². The maximum Gasteiger partial charge on any atom is 0.244 e. The van der Waals surface area contributed by atoms with Gasteiger partial charge in [-0.15, -0.1) is 0 Å². The second-order valence-electron chi connectivity index (χ2n) is 4.51. The van der Waals surface area contributed by atoms with Gasteiger partial charge in [0.05, 0.1) is 6.04 Å². The Balaban J connectivity index is 1.74. The minimum atomic E-state index is -0.0894. The van der Waals surface area contributed by atoms with Gasteiger partial charge in [0.2, 0.25) is 11.8 Å². The topological polar surface area (TPSA) is 89.9 Å². The van der Waals surface area contributed by atoms with Crippen molar-refractivity contribution in [3.8, 4) is 0 Å². The van der Waals surface area contributed by atoms with Gasteiger partial charge in [-0.05, 0) is 12.8 Å². The molecule has 100 valence electrons. The van der Waals surface area contributed by atoms with Gasteiger partial charge >= 0.3 is 0 Å². The summed E-state index contributed by atoms with van der Waals surface area (Å²) < 4.78 is 6.50. The van der Waals surface area contributed by atoms with E-state index in [2.05, 4.69) is 20.2 Å². The highest BCUT2D eigenvalue weighted by Gasteiger charge is 2.33. The van der Waals surface area contributed by atoms with Gasteiger partial charge < -0.3 is 9.42 Å². The molecule has 0 saturated carbocycles. The van der Waals surface area contributed by atoms with E-state index in [9.17, 15) is 4.79 Å². The molecular weight excluding hydrogens is 248 g/mol. The van der Waals surface area contributed by atoms with Gasteiger partial charge in [0.1, 0.15) is 19.2 Å². The zero-order valence-electron chi connectivity index (χ0n) is 10.6.